The van der Waals surface area contributed by atoms with Gasteiger partial charge in [-0.15, -0.1) is 0 Å². The molecule has 5 nitrogen and oxygen atoms in total. The molecule has 0 aromatic heterocycles. The van der Waals surface area contributed by atoms with E-state index in [-0.39, 0.29) is 5.91 Å². The van der Waals surface area contributed by atoms with Gasteiger partial charge in [0.15, 0.2) is 0 Å². The Bertz CT molecular complexity index is 733. The summed E-state index contributed by atoms with van der Waals surface area (Å²) in [6.07, 6.45) is 1.64. The molecule has 0 bridgehead atoms. The summed E-state index contributed by atoms with van der Waals surface area (Å²) in [5, 5.41) is 4.05. The van der Waals surface area contributed by atoms with Gasteiger partial charge in [0.2, 0.25) is 0 Å². The first-order valence-electron chi connectivity index (χ1n) is 9.44. The van der Waals surface area contributed by atoms with Crippen LogP contribution in [0.5, 0.6) is 5.75 Å². The van der Waals surface area contributed by atoms with Crippen molar-refractivity contribution in [3.63, 3.8) is 0 Å². The number of nitrogens with one attached hydrogen (secondary N) is 1. The second kappa shape index (κ2) is 10.4. The molecule has 0 aliphatic heterocycles. The van der Waals surface area contributed by atoms with E-state index < -0.39 is 0 Å². The normalized spacial score (nSPS) is 11.0. The molecule has 0 atom stereocenters. The third-order valence-corrected chi connectivity index (χ3v) is 4.10. The molecule has 27 heavy (non-hydrogen) atoms. The molecule has 0 radical (unpaired) electrons. The summed E-state index contributed by atoms with van der Waals surface area (Å²) in [7, 11) is 0. The second-order valence-electron chi connectivity index (χ2n) is 6.69. The smallest absolute Gasteiger partial charge is 0.271 e. The minimum absolute atomic E-state index is 0.249. The quantitative estimate of drug-likeness (QED) is 0.530. The molecular weight excluding hydrogens is 338 g/mol. The van der Waals surface area contributed by atoms with Crippen LogP contribution < -0.4 is 15.1 Å². The maximum absolute atomic E-state index is 12.2. The SMILES string of the molecule is CCN(CC)c1ccc(C=NNC(=O)c2ccc(OCC(C)C)cc2)cc1. The first-order valence-corrected chi connectivity index (χ1v) is 9.44. The molecule has 0 aliphatic rings. The number of ether oxygens (including phenoxy) is 1. The van der Waals surface area contributed by atoms with Gasteiger partial charge in [-0.3, -0.25) is 4.79 Å². The van der Waals surface area contributed by atoms with Gasteiger partial charge in [0.25, 0.3) is 5.91 Å². The molecule has 0 heterocycles. The number of hydrazone groups is 1. The number of benzene rings is 2. The van der Waals surface area contributed by atoms with E-state index in [1.807, 2.05) is 12.1 Å². The van der Waals surface area contributed by atoms with Crippen LogP contribution in [0.4, 0.5) is 5.69 Å². The lowest BCUT2D eigenvalue weighted by Crippen LogP contribution is -2.21. The van der Waals surface area contributed by atoms with E-state index in [9.17, 15) is 4.79 Å². The van der Waals surface area contributed by atoms with Crippen molar-refractivity contribution in [1.82, 2.24) is 5.43 Å². The highest BCUT2D eigenvalue weighted by Gasteiger charge is 2.05. The number of rotatable bonds is 9. The van der Waals surface area contributed by atoms with Crippen LogP contribution in [0.3, 0.4) is 0 Å². The summed E-state index contributed by atoms with van der Waals surface area (Å²) in [4.78, 5) is 14.4. The van der Waals surface area contributed by atoms with Crippen molar-refractivity contribution in [1.29, 1.82) is 0 Å². The Morgan fingerprint density at radius 1 is 1.07 bits per heavy atom. The molecule has 5 heteroatoms. The zero-order valence-corrected chi connectivity index (χ0v) is 16.6. The maximum atomic E-state index is 12.2. The van der Waals surface area contributed by atoms with Crippen molar-refractivity contribution in [2.45, 2.75) is 27.7 Å². The minimum atomic E-state index is -0.249. The molecule has 0 saturated carbocycles. The number of anilines is 1. The number of hydrogen-bond acceptors (Lipinski definition) is 4. The van der Waals surface area contributed by atoms with Gasteiger partial charge in [-0.2, -0.15) is 5.10 Å². The molecule has 2 aromatic carbocycles. The van der Waals surface area contributed by atoms with Gasteiger partial charge in [-0.1, -0.05) is 26.0 Å². The van der Waals surface area contributed by atoms with Crippen LogP contribution in [0.15, 0.2) is 53.6 Å². The van der Waals surface area contributed by atoms with Crippen molar-refractivity contribution >= 4 is 17.8 Å². The molecule has 0 saturated heterocycles. The van der Waals surface area contributed by atoms with Crippen molar-refractivity contribution in [3.8, 4) is 5.75 Å². The van der Waals surface area contributed by atoms with Gasteiger partial charge >= 0.3 is 0 Å². The molecule has 2 rings (SSSR count). The van der Waals surface area contributed by atoms with Crippen LogP contribution in [0.1, 0.15) is 43.6 Å². The molecule has 1 N–H and O–H groups in total. The first kappa shape index (κ1) is 20.5. The summed E-state index contributed by atoms with van der Waals surface area (Å²) in [6.45, 7) is 11.1. The van der Waals surface area contributed by atoms with E-state index in [1.165, 1.54) is 5.69 Å². The topological polar surface area (TPSA) is 53.9 Å². The Morgan fingerprint density at radius 2 is 1.70 bits per heavy atom. The summed E-state index contributed by atoms with van der Waals surface area (Å²) >= 11 is 0. The van der Waals surface area contributed by atoms with Crippen molar-refractivity contribution < 1.29 is 9.53 Å². The number of carbonyl (C=O) groups is 1. The van der Waals surface area contributed by atoms with Crippen LogP contribution in [-0.2, 0) is 0 Å². The number of nitrogens with zero attached hydrogens (tertiary/aromatic N) is 2. The van der Waals surface area contributed by atoms with E-state index in [4.69, 9.17) is 4.74 Å². The van der Waals surface area contributed by atoms with Gasteiger partial charge in [-0.25, -0.2) is 5.43 Å². The lowest BCUT2D eigenvalue weighted by molar-refractivity contribution is 0.0955. The van der Waals surface area contributed by atoms with Crippen molar-refractivity contribution in [3.05, 3.63) is 59.7 Å². The molecular formula is C22H29N3O2. The molecule has 2 aromatic rings. The Balaban J connectivity index is 1.89. The Hall–Kier alpha value is -2.82. The van der Waals surface area contributed by atoms with Gasteiger partial charge < -0.3 is 9.64 Å². The van der Waals surface area contributed by atoms with Gasteiger partial charge in [-0.05, 0) is 61.7 Å². The predicted molar refractivity (Wildman–Crippen MR) is 112 cm³/mol. The Morgan fingerprint density at radius 3 is 2.26 bits per heavy atom. The number of hydrogen-bond donors (Lipinski definition) is 1. The lowest BCUT2D eigenvalue weighted by atomic mass is 10.2. The third kappa shape index (κ3) is 6.44. The summed E-state index contributed by atoms with van der Waals surface area (Å²) in [5.74, 6) is 0.974. The Labute approximate surface area is 162 Å². The first-order chi connectivity index (χ1) is 13.0. The molecule has 0 fully saturated rings. The summed E-state index contributed by atoms with van der Waals surface area (Å²) in [5.41, 5.74) is 5.21. The summed E-state index contributed by atoms with van der Waals surface area (Å²) in [6, 6.07) is 15.2. The largest absolute Gasteiger partial charge is 0.493 e. The van der Waals surface area contributed by atoms with E-state index in [0.29, 0.717) is 18.1 Å². The van der Waals surface area contributed by atoms with Gasteiger partial charge in [0.1, 0.15) is 5.75 Å². The second-order valence-corrected chi connectivity index (χ2v) is 6.69. The standard InChI is InChI=1S/C22H29N3O2/c1-5-25(6-2)20-11-7-18(8-12-20)15-23-24-22(26)19-9-13-21(14-10-19)27-16-17(3)4/h7-15,17H,5-6,16H2,1-4H3,(H,24,26). The van der Waals surface area contributed by atoms with Crippen LogP contribution in [0.25, 0.3) is 0 Å². The molecule has 1 amide bonds. The van der Waals surface area contributed by atoms with Crippen molar-refractivity contribution in [2.24, 2.45) is 11.0 Å². The molecule has 144 valence electrons. The fourth-order valence-electron chi connectivity index (χ4n) is 2.56. The van der Waals surface area contributed by atoms with E-state index in [0.717, 1.165) is 24.4 Å². The highest BCUT2D eigenvalue weighted by atomic mass is 16.5. The third-order valence-electron chi connectivity index (χ3n) is 4.10. The average Bonchev–Trinajstić information content (AvgIpc) is 2.68. The fraction of sp³-hybridized carbons (Fsp3) is 0.364. The molecule has 0 aliphatic carbocycles. The zero-order chi connectivity index (χ0) is 19.6. The molecule has 0 spiro atoms. The van der Waals surface area contributed by atoms with E-state index >= 15 is 0 Å². The Kier molecular flexibility index (Phi) is 7.86. The minimum Gasteiger partial charge on any atom is -0.493 e. The van der Waals surface area contributed by atoms with Crippen LogP contribution in [-0.4, -0.2) is 31.8 Å². The maximum Gasteiger partial charge on any atom is 0.271 e. The highest BCUT2D eigenvalue weighted by molar-refractivity contribution is 5.95. The summed E-state index contributed by atoms with van der Waals surface area (Å²) < 4.78 is 5.62. The van der Waals surface area contributed by atoms with Crippen LogP contribution in [0, 0.1) is 5.92 Å². The fourth-order valence-corrected chi connectivity index (χ4v) is 2.56. The highest BCUT2D eigenvalue weighted by Crippen LogP contribution is 2.14. The van der Waals surface area contributed by atoms with Crippen LogP contribution in [0.2, 0.25) is 0 Å². The monoisotopic (exact) mass is 367 g/mol. The number of carbonyl (C=O) groups excluding carboxylic acids is 1. The lowest BCUT2D eigenvalue weighted by Gasteiger charge is -2.20. The number of amides is 1. The zero-order valence-electron chi connectivity index (χ0n) is 16.6. The van der Waals surface area contributed by atoms with Crippen LogP contribution >= 0.6 is 0 Å². The predicted octanol–water partition coefficient (Wildman–Crippen LogP) is 4.33. The van der Waals surface area contributed by atoms with E-state index in [1.54, 1.807) is 30.5 Å². The van der Waals surface area contributed by atoms with Crippen molar-refractivity contribution in [2.75, 3.05) is 24.6 Å². The van der Waals surface area contributed by atoms with Gasteiger partial charge in [0.05, 0.1) is 12.8 Å². The molecule has 0 unspecified atom stereocenters. The van der Waals surface area contributed by atoms with E-state index in [2.05, 4.69) is 55.3 Å². The average molecular weight is 367 g/mol. The van der Waals surface area contributed by atoms with Gasteiger partial charge in [0, 0.05) is 24.3 Å².